The molecule has 0 saturated carbocycles. The van der Waals surface area contributed by atoms with Crippen molar-refractivity contribution in [3.05, 3.63) is 23.3 Å². The molecule has 0 N–H and O–H groups in total. The molecule has 0 heteroatoms. The molecule has 0 aromatic carbocycles. The van der Waals surface area contributed by atoms with E-state index in [1.807, 2.05) is 0 Å². The molecule has 0 unspecified atom stereocenters. The van der Waals surface area contributed by atoms with Gasteiger partial charge in [-0.05, 0) is 53.4 Å². The lowest BCUT2D eigenvalue weighted by Gasteiger charge is -2.03. The molecule has 0 saturated heterocycles. The summed E-state index contributed by atoms with van der Waals surface area (Å²) in [5.74, 6) is 0. The molecule has 0 nitrogen and oxygen atoms in total. The molecule has 0 bridgehead atoms. The van der Waals surface area contributed by atoms with Crippen LogP contribution in [0.3, 0.4) is 0 Å². The predicted octanol–water partition coefficient (Wildman–Crippen LogP) is 4.48. The van der Waals surface area contributed by atoms with Crippen LogP contribution < -0.4 is 0 Å². The Labute approximate surface area is 77.4 Å². The van der Waals surface area contributed by atoms with Gasteiger partial charge in [0.05, 0.1) is 0 Å². The van der Waals surface area contributed by atoms with Crippen molar-refractivity contribution >= 4 is 0 Å². The third-order valence-corrected chi connectivity index (χ3v) is 2.26. The van der Waals surface area contributed by atoms with Crippen LogP contribution in [0.5, 0.6) is 0 Å². The molecule has 0 atom stereocenters. The first-order valence-corrected chi connectivity index (χ1v) is 4.81. The molecule has 0 aliphatic heterocycles. The van der Waals surface area contributed by atoms with E-state index in [2.05, 4.69) is 34.3 Å². The van der Waals surface area contributed by atoms with Crippen LogP contribution in [0, 0.1) is 0 Å². The van der Waals surface area contributed by atoms with Gasteiger partial charge in [-0.1, -0.05) is 16.7 Å². The van der Waals surface area contributed by atoms with Gasteiger partial charge in [0, 0.05) is 0 Å². The summed E-state index contributed by atoms with van der Waals surface area (Å²) >= 11 is 0. The van der Waals surface area contributed by atoms with Crippen molar-refractivity contribution in [1.29, 1.82) is 0 Å². The van der Waals surface area contributed by atoms with Crippen LogP contribution in [0.15, 0.2) is 23.3 Å². The first kappa shape index (κ1) is 11.5. The summed E-state index contributed by atoms with van der Waals surface area (Å²) in [6.45, 7) is 12.6. The lowest BCUT2D eigenvalue weighted by molar-refractivity contribution is 0.722. The molecule has 0 spiro atoms. The summed E-state index contributed by atoms with van der Waals surface area (Å²) in [6, 6.07) is 0. The van der Waals surface area contributed by atoms with E-state index in [-0.39, 0.29) is 0 Å². The van der Waals surface area contributed by atoms with Gasteiger partial charge in [0.1, 0.15) is 0 Å². The van der Waals surface area contributed by atoms with Crippen molar-refractivity contribution in [1.82, 2.24) is 0 Å². The van der Waals surface area contributed by atoms with Crippen LogP contribution in [-0.2, 0) is 0 Å². The number of hydrogen-bond donors (Lipinski definition) is 0. The normalized spacial score (nSPS) is 9.67. The van der Waals surface area contributed by atoms with Crippen molar-refractivity contribution in [2.75, 3.05) is 0 Å². The van der Waals surface area contributed by atoms with E-state index in [0.717, 1.165) is 0 Å². The number of unbranched alkanes of at least 4 members (excludes halogenated alkanes) is 1. The van der Waals surface area contributed by atoms with E-state index in [0.29, 0.717) is 0 Å². The van der Waals surface area contributed by atoms with Crippen molar-refractivity contribution < 1.29 is 0 Å². The van der Waals surface area contributed by atoms with Gasteiger partial charge in [0.15, 0.2) is 0 Å². The molecule has 70 valence electrons. The predicted molar refractivity (Wildman–Crippen MR) is 57.3 cm³/mol. The Morgan fingerprint density at radius 1 is 0.917 bits per heavy atom. The largest absolute Gasteiger partial charge is 0.100 e. The molecule has 12 heavy (non-hydrogen) atoms. The smallest absolute Gasteiger partial charge is 0.0320 e. The average molecular weight is 166 g/mol. The van der Waals surface area contributed by atoms with Gasteiger partial charge in [-0.2, -0.15) is 0 Å². The molecular weight excluding hydrogens is 144 g/mol. The minimum atomic E-state index is 1.19. The zero-order chi connectivity index (χ0) is 9.56. The number of allylic oxidation sites excluding steroid dienone is 3. The Morgan fingerprint density at radius 3 is 1.83 bits per heavy atom. The highest BCUT2D eigenvalue weighted by molar-refractivity contribution is 5.06. The van der Waals surface area contributed by atoms with Gasteiger partial charge >= 0.3 is 0 Å². The van der Waals surface area contributed by atoms with E-state index in [1.54, 1.807) is 5.57 Å². The number of rotatable bonds is 5. The molecule has 0 aliphatic carbocycles. The second kappa shape index (κ2) is 6.05. The first-order chi connectivity index (χ1) is 5.54. The summed E-state index contributed by atoms with van der Waals surface area (Å²) in [5.41, 5.74) is 4.34. The third-order valence-electron chi connectivity index (χ3n) is 2.26. The Bertz CT molecular complexity index is 168. The summed E-state index contributed by atoms with van der Waals surface area (Å²) in [6.07, 6.45) is 5.05. The van der Waals surface area contributed by atoms with E-state index in [1.165, 1.54) is 36.8 Å². The average Bonchev–Trinajstić information content (AvgIpc) is 1.97. The monoisotopic (exact) mass is 166 g/mol. The van der Waals surface area contributed by atoms with Crippen LogP contribution in [0.1, 0.15) is 53.4 Å². The van der Waals surface area contributed by atoms with Gasteiger partial charge in [-0.15, -0.1) is 6.58 Å². The van der Waals surface area contributed by atoms with Crippen molar-refractivity contribution in [2.45, 2.75) is 53.4 Å². The van der Waals surface area contributed by atoms with Crippen molar-refractivity contribution in [2.24, 2.45) is 0 Å². The second-order valence-electron chi connectivity index (χ2n) is 3.94. The number of hydrogen-bond acceptors (Lipinski definition) is 0. The van der Waals surface area contributed by atoms with Gasteiger partial charge < -0.3 is 0 Å². The lowest BCUT2D eigenvalue weighted by atomic mass is 10.0. The minimum Gasteiger partial charge on any atom is -0.100 e. The highest BCUT2D eigenvalue weighted by Gasteiger charge is 1.93. The standard InChI is InChI=1S/C12H22/c1-10(2)8-6-7-9-12(5)11(3)4/h1,6-9H2,2-5H3. The maximum Gasteiger partial charge on any atom is -0.0320 e. The van der Waals surface area contributed by atoms with Gasteiger partial charge in [0.2, 0.25) is 0 Å². The molecule has 0 rings (SSSR count). The first-order valence-electron chi connectivity index (χ1n) is 4.81. The molecular formula is C12H22. The summed E-state index contributed by atoms with van der Waals surface area (Å²) in [7, 11) is 0. The zero-order valence-electron chi connectivity index (χ0n) is 9.04. The fourth-order valence-corrected chi connectivity index (χ4v) is 1.07. The quantitative estimate of drug-likeness (QED) is 0.417. The van der Waals surface area contributed by atoms with Crippen LogP contribution in [0.2, 0.25) is 0 Å². The Hall–Kier alpha value is -0.520. The van der Waals surface area contributed by atoms with Crippen LogP contribution >= 0.6 is 0 Å². The second-order valence-corrected chi connectivity index (χ2v) is 3.94. The van der Waals surface area contributed by atoms with Gasteiger partial charge in [-0.25, -0.2) is 0 Å². The van der Waals surface area contributed by atoms with E-state index in [9.17, 15) is 0 Å². The van der Waals surface area contributed by atoms with Gasteiger partial charge in [0.25, 0.3) is 0 Å². The van der Waals surface area contributed by atoms with Crippen molar-refractivity contribution in [3.63, 3.8) is 0 Å². The third kappa shape index (κ3) is 6.21. The SMILES string of the molecule is C=C(C)CCCCC(C)=C(C)C. The van der Waals surface area contributed by atoms with E-state index < -0.39 is 0 Å². The highest BCUT2D eigenvalue weighted by Crippen LogP contribution is 2.13. The molecule has 0 heterocycles. The maximum atomic E-state index is 3.89. The van der Waals surface area contributed by atoms with Crippen LogP contribution in [0.4, 0.5) is 0 Å². The topological polar surface area (TPSA) is 0 Å². The summed E-state index contributed by atoms with van der Waals surface area (Å²) in [4.78, 5) is 0. The lowest BCUT2D eigenvalue weighted by Crippen LogP contribution is -1.83. The fraction of sp³-hybridized carbons (Fsp3) is 0.667. The van der Waals surface area contributed by atoms with Gasteiger partial charge in [-0.3, -0.25) is 0 Å². The Balaban J connectivity index is 3.45. The van der Waals surface area contributed by atoms with Crippen molar-refractivity contribution in [3.8, 4) is 0 Å². The molecule has 0 radical (unpaired) electrons. The molecule has 0 aromatic rings. The fourth-order valence-electron chi connectivity index (χ4n) is 1.07. The Morgan fingerprint density at radius 2 is 1.42 bits per heavy atom. The van der Waals surface area contributed by atoms with Crippen LogP contribution in [-0.4, -0.2) is 0 Å². The highest BCUT2D eigenvalue weighted by atomic mass is 14.0. The molecule has 0 aromatic heterocycles. The molecule has 0 fully saturated rings. The summed E-state index contributed by atoms with van der Waals surface area (Å²) in [5, 5.41) is 0. The molecule has 0 amide bonds. The van der Waals surface area contributed by atoms with E-state index in [4.69, 9.17) is 0 Å². The summed E-state index contributed by atoms with van der Waals surface area (Å²) < 4.78 is 0. The van der Waals surface area contributed by atoms with Crippen LogP contribution in [0.25, 0.3) is 0 Å². The maximum absolute atomic E-state index is 3.89. The van der Waals surface area contributed by atoms with E-state index >= 15 is 0 Å². The molecule has 0 aliphatic rings. The Kier molecular flexibility index (Phi) is 5.79. The zero-order valence-corrected chi connectivity index (χ0v) is 9.04. The minimum absolute atomic E-state index is 1.19.